The number of amides is 2. The van der Waals surface area contributed by atoms with Crippen LogP contribution in [0.15, 0.2) is 51.9 Å². The summed E-state index contributed by atoms with van der Waals surface area (Å²) in [6, 6.07) is 11.6. The molecule has 2 aromatic carbocycles. The molecule has 1 heterocycles. The van der Waals surface area contributed by atoms with Crippen molar-refractivity contribution in [1.82, 2.24) is 5.32 Å². The normalized spacial score (nSPS) is 11.5. The van der Waals surface area contributed by atoms with E-state index in [2.05, 4.69) is 10.3 Å². The highest BCUT2D eigenvalue weighted by atomic mass is 35.5. The van der Waals surface area contributed by atoms with E-state index in [0.717, 1.165) is 0 Å². The summed E-state index contributed by atoms with van der Waals surface area (Å²) in [5.74, 6) is -0.552. The zero-order chi connectivity index (χ0) is 19.6. The SMILES string of the molecule is COc1ccc2oc(=Nc3cccc(Cl)c3Cl)c(C(=O)NC(C)=O)cc2c1. The highest BCUT2D eigenvalue weighted by molar-refractivity contribution is 6.43. The van der Waals surface area contributed by atoms with E-state index in [-0.39, 0.29) is 16.1 Å². The fourth-order valence-electron chi connectivity index (χ4n) is 2.40. The standard InChI is InChI=1S/C19H14Cl2N2O4/c1-10(24)22-18(25)13-9-11-8-12(26-2)6-7-16(11)27-19(13)23-15-5-3-4-14(20)17(15)21/h3-9H,1-2H3,(H,22,24,25). The molecule has 0 aliphatic rings. The molecule has 0 radical (unpaired) electrons. The molecule has 1 N–H and O–H groups in total. The molecule has 27 heavy (non-hydrogen) atoms. The minimum Gasteiger partial charge on any atom is -0.497 e. The van der Waals surface area contributed by atoms with Crippen LogP contribution >= 0.6 is 23.2 Å². The molecule has 0 spiro atoms. The van der Waals surface area contributed by atoms with E-state index in [1.807, 2.05) is 0 Å². The quantitative estimate of drug-likeness (QED) is 0.706. The van der Waals surface area contributed by atoms with Crippen molar-refractivity contribution >= 4 is 51.7 Å². The first kappa shape index (κ1) is 18.9. The molecule has 0 aliphatic heterocycles. The van der Waals surface area contributed by atoms with Gasteiger partial charge in [-0.15, -0.1) is 0 Å². The van der Waals surface area contributed by atoms with Crippen molar-refractivity contribution in [2.45, 2.75) is 6.92 Å². The number of nitrogens with zero attached hydrogens (tertiary/aromatic N) is 1. The van der Waals surface area contributed by atoms with Gasteiger partial charge in [-0.05, 0) is 36.4 Å². The van der Waals surface area contributed by atoms with E-state index < -0.39 is 11.8 Å². The second-order valence-corrected chi connectivity index (χ2v) is 6.35. The molecule has 1 aromatic heterocycles. The van der Waals surface area contributed by atoms with Crippen LogP contribution in [0, 0.1) is 0 Å². The topological polar surface area (TPSA) is 80.9 Å². The van der Waals surface area contributed by atoms with Gasteiger partial charge in [0.15, 0.2) is 0 Å². The van der Waals surface area contributed by atoms with Crippen LogP contribution in [0.3, 0.4) is 0 Å². The fraction of sp³-hybridized carbons (Fsp3) is 0.105. The molecule has 0 saturated carbocycles. The molecule has 0 aliphatic carbocycles. The molecule has 6 nitrogen and oxygen atoms in total. The lowest BCUT2D eigenvalue weighted by Gasteiger charge is -2.07. The van der Waals surface area contributed by atoms with Gasteiger partial charge in [-0.2, -0.15) is 0 Å². The van der Waals surface area contributed by atoms with E-state index in [1.54, 1.807) is 42.5 Å². The van der Waals surface area contributed by atoms with Crippen LogP contribution in [0.2, 0.25) is 10.0 Å². The maximum Gasteiger partial charge on any atom is 0.263 e. The van der Waals surface area contributed by atoms with E-state index in [9.17, 15) is 9.59 Å². The molecule has 0 atom stereocenters. The van der Waals surface area contributed by atoms with Crippen LogP contribution in [0.4, 0.5) is 5.69 Å². The fourth-order valence-corrected chi connectivity index (χ4v) is 2.73. The third-order valence-corrected chi connectivity index (χ3v) is 4.45. The van der Waals surface area contributed by atoms with Crippen molar-refractivity contribution in [3.8, 4) is 5.75 Å². The molecule has 2 amide bonds. The molecule has 0 saturated heterocycles. The van der Waals surface area contributed by atoms with Crippen molar-refractivity contribution in [3.63, 3.8) is 0 Å². The van der Waals surface area contributed by atoms with Crippen LogP contribution in [0.25, 0.3) is 11.0 Å². The third kappa shape index (κ3) is 4.13. The molecule has 8 heteroatoms. The molecule has 3 rings (SSSR count). The first-order valence-electron chi connectivity index (χ1n) is 7.81. The van der Waals surface area contributed by atoms with Gasteiger partial charge in [-0.25, -0.2) is 4.99 Å². The number of carbonyl (C=O) groups is 2. The van der Waals surface area contributed by atoms with Crippen molar-refractivity contribution in [1.29, 1.82) is 0 Å². The number of fused-ring (bicyclic) bond motifs is 1. The first-order chi connectivity index (χ1) is 12.9. The maximum atomic E-state index is 12.5. The van der Waals surface area contributed by atoms with Gasteiger partial charge in [-0.1, -0.05) is 29.3 Å². The van der Waals surface area contributed by atoms with Crippen LogP contribution in [0.5, 0.6) is 5.75 Å². The lowest BCUT2D eigenvalue weighted by atomic mass is 10.1. The van der Waals surface area contributed by atoms with Crippen molar-refractivity contribution < 1.29 is 18.7 Å². The zero-order valence-corrected chi connectivity index (χ0v) is 15.9. The molecular formula is C19H14Cl2N2O4. The van der Waals surface area contributed by atoms with Gasteiger partial charge in [0, 0.05) is 12.3 Å². The summed E-state index contributed by atoms with van der Waals surface area (Å²) in [5.41, 5.74) is 0.877. The van der Waals surface area contributed by atoms with Crippen LogP contribution in [-0.4, -0.2) is 18.9 Å². The van der Waals surface area contributed by atoms with Crippen LogP contribution in [-0.2, 0) is 4.79 Å². The number of methoxy groups -OCH3 is 1. The molecule has 3 aromatic rings. The van der Waals surface area contributed by atoms with Gasteiger partial charge in [0.2, 0.25) is 11.5 Å². The third-order valence-electron chi connectivity index (χ3n) is 3.64. The summed E-state index contributed by atoms with van der Waals surface area (Å²) in [4.78, 5) is 28.1. The van der Waals surface area contributed by atoms with Gasteiger partial charge in [0.05, 0.1) is 22.8 Å². The van der Waals surface area contributed by atoms with Gasteiger partial charge < -0.3 is 9.15 Å². The van der Waals surface area contributed by atoms with E-state index in [4.69, 9.17) is 32.4 Å². The Hall–Kier alpha value is -2.83. The number of benzene rings is 2. The lowest BCUT2D eigenvalue weighted by Crippen LogP contribution is -2.32. The van der Waals surface area contributed by atoms with Crippen LogP contribution < -0.4 is 15.6 Å². The van der Waals surface area contributed by atoms with Gasteiger partial charge >= 0.3 is 0 Å². The molecule has 0 fully saturated rings. The largest absolute Gasteiger partial charge is 0.497 e. The van der Waals surface area contributed by atoms with Gasteiger partial charge in [0.25, 0.3) is 5.91 Å². The predicted molar refractivity (Wildman–Crippen MR) is 103 cm³/mol. The number of halogens is 2. The molecule has 138 valence electrons. The summed E-state index contributed by atoms with van der Waals surface area (Å²) in [7, 11) is 1.53. The van der Waals surface area contributed by atoms with Crippen LogP contribution in [0.1, 0.15) is 17.3 Å². The Morgan fingerprint density at radius 3 is 2.63 bits per heavy atom. The Kier molecular flexibility index (Phi) is 5.48. The van der Waals surface area contributed by atoms with E-state index in [1.165, 1.54) is 14.0 Å². The second-order valence-electron chi connectivity index (χ2n) is 5.56. The minimum atomic E-state index is -0.645. The molecule has 0 bridgehead atoms. The number of ether oxygens (including phenoxy) is 1. The Morgan fingerprint density at radius 1 is 1.15 bits per heavy atom. The Balaban J connectivity index is 2.28. The first-order valence-corrected chi connectivity index (χ1v) is 8.57. The average Bonchev–Trinajstić information content (AvgIpc) is 2.64. The summed E-state index contributed by atoms with van der Waals surface area (Å²) in [6.07, 6.45) is 0. The van der Waals surface area contributed by atoms with E-state index >= 15 is 0 Å². The predicted octanol–water partition coefficient (Wildman–Crippen LogP) is 4.26. The Labute approximate surface area is 164 Å². The average molecular weight is 405 g/mol. The monoisotopic (exact) mass is 404 g/mol. The van der Waals surface area contributed by atoms with Crippen molar-refractivity contribution in [2.24, 2.45) is 4.99 Å². The highest BCUT2D eigenvalue weighted by Crippen LogP contribution is 2.31. The summed E-state index contributed by atoms with van der Waals surface area (Å²) >= 11 is 12.2. The smallest absolute Gasteiger partial charge is 0.263 e. The molecular weight excluding hydrogens is 391 g/mol. The number of hydrogen-bond donors (Lipinski definition) is 1. The summed E-state index contributed by atoms with van der Waals surface area (Å²) in [5, 5.41) is 3.37. The van der Waals surface area contributed by atoms with Gasteiger partial charge in [0.1, 0.15) is 16.9 Å². The molecule has 0 unspecified atom stereocenters. The summed E-state index contributed by atoms with van der Waals surface area (Å²) < 4.78 is 11.0. The Morgan fingerprint density at radius 2 is 1.93 bits per heavy atom. The maximum absolute atomic E-state index is 12.5. The zero-order valence-electron chi connectivity index (χ0n) is 14.4. The summed E-state index contributed by atoms with van der Waals surface area (Å²) in [6.45, 7) is 1.24. The number of imide groups is 1. The number of nitrogens with one attached hydrogen (secondary N) is 1. The van der Waals surface area contributed by atoms with Crippen molar-refractivity contribution in [2.75, 3.05) is 7.11 Å². The number of carbonyl (C=O) groups excluding carboxylic acids is 2. The van der Waals surface area contributed by atoms with Crippen molar-refractivity contribution in [3.05, 3.63) is 63.6 Å². The highest BCUT2D eigenvalue weighted by Gasteiger charge is 2.15. The van der Waals surface area contributed by atoms with E-state index in [0.29, 0.717) is 27.4 Å². The number of hydrogen-bond acceptors (Lipinski definition) is 5. The number of rotatable bonds is 3. The minimum absolute atomic E-state index is 0.00409. The lowest BCUT2D eigenvalue weighted by molar-refractivity contribution is -0.118. The van der Waals surface area contributed by atoms with Gasteiger partial charge in [-0.3, -0.25) is 14.9 Å². The second kappa shape index (κ2) is 7.82. The Bertz CT molecular complexity index is 1120.